The van der Waals surface area contributed by atoms with E-state index >= 15 is 0 Å². The fourth-order valence-electron chi connectivity index (χ4n) is 3.59. The number of fused-ring (bicyclic) bond motifs is 1. The maximum absolute atomic E-state index is 13.7. The Kier molecular flexibility index (Phi) is 6.70. The quantitative estimate of drug-likeness (QED) is 0.282. The van der Waals surface area contributed by atoms with Gasteiger partial charge in [0.25, 0.3) is 0 Å². The molecule has 180 valence electrons. The molecule has 0 unspecified atom stereocenters. The number of hydrogen-bond donors (Lipinski definition) is 2. The zero-order valence-corrected chi connectivity index (χ0v) is 20.7. The zero-order chi connectivity index (χ0) is 25.1. The highest BCUT2D eigenvalue weighted by atomic mass is 32.1. The van der Waals surface area contributed by atoms with Crippen molar-refractivity contribution in [3.63, 3.8) is 0 Å². The van der Waals surface area contributed by atoms with Crippen LogP contribution in [0.1, 0.15) is 5.56 Å². The average molecular weight is 518 g/mol. The number of carbonyl (C=O) groups excluding carboxylic acids is 1. The van der Waals surface area contributed by atoms with Crippen molar-refractivity contribution >= 4 is 50.5 Å². The van der Waals surface area contributed by atoms with Gasteiger partial charge in [0.05, 0.1) is 21.5 Å². The standard InChI is InChI=1S/C26H20FN5O2S2/c1-32-13-12-29-25(32)22-15-20-24(36-22)21(10-11-28-20)34-18-8-6-17(7-9-18)30-26(35)31-23(33)14-16-4-2-3-5-19(16)27/h2-13,15H,14H2,1H3,(H2,30,31,33,35). The third kappa shape index (κ3) is 5.24. The minimum atomic E-state index is -0.427. The Morgan fingerprint density at radius 1 is 1.11 bits per heavy atom. The van der Waals surface area contributed by atoms with Crippen molar-refractivity contribution in [2.45, 2.75) is 6.42 Å². The number of hydrogen-bond acceptors (Lipinski definition) is 6. The van der Waals surface area contributed by atoms with E-state index in [9.17, 15) is 9.18 Å². The number of rotatable bonds is 6. The third-order valence-electron chi connectivity index (χ3n) is 5.32. The second-order valence-corrected chi connectivity index (χ2v) is 9.35. The number of carbonyl (C=O) groups is 1. The number of aromatic nitrogens is 3. The van der Waals surface area contributed by atoms with Gasteiger partial charge in [0.15, 0.2) is 5.11 Å². The summed E-state index contributed by atoms with van der Waals surface area (Å²) in [4.78, 5) is 22.1. The van der Waals surface area contributed by atoms with Gasteiger partial charge >= 0.3 is 0 Å². The Labute approximate surface area is 215 Å². The summed E-state index contributed by atoms with van der Waals surface area (Å²) in [5.74, 6) is 1.37. The fourth-order valence-corrected chi connectivity index (χ4v) is 4.93. The molecule has 2 N–H and O–H groups in total. The molecular weight excluding hydrogens is 497 g/mol. The highest BCUT2D eigenvalue weighted by Gasteiger charge is 2.14. The lowest BCUT2D eigenvalue weighted by atomic mass is 10.1. The van der Waals surface area contributed by atoms with Crippen LogP contribution in [0.15, 0.2) is 79.3 Å². The summed E-state index contributed by atoms with van der Waals surface area (Å²) in [7, 11) is 1.95. The van der Waals surface area contributed by atoms with Gasteiger partial charge in [0, 0.05) is 37.4 Å². The summed E-state index contributed by atoms with van der Waals surface area (Å²) < 4.78 is 22.8. The number of nitrogens with zero attached hydrogens (tertiary/aromatic N) is 3. The number of pyridine rings is 1. The van der Waals surface area contributed by atoms with E-state index in [0.717, 1.165) is 20.9 Å². The van der Waals surface area contributed by atoms with Crippen LogP contribution in [0.4, 0.5) is 10.1 Å². The summed E-state index contributed by atoms with van der Waals surface area (Å²) in [5.41, 5.74) is 1.82. The first-order valence-electron chi connectivity index (χ1n) is 10.9. The molecule has 1 amide bonds. The lowest BCUT2D eigenvalue weighted by Gasteiger charge is -2.11. The van der Waals surface area contributed by atoms with Crippen molar-refractivity contribution in [3.8, 4) is 22.2 Å². The molecule has 0 radical (unpaired) electrons. The molecule has 2 aromatic carbocycles. The monoisotopic (exact) mass is 517 g/mol. The normalized spacial score (nSPS) is 10.8. The maximum atomic E-state index is 13.7. The minimum Gasteiger partial charge on any atom is -0.456 e. The Bertz CT molecular complexity index is 1560. The highest BCUT2D eigenvalue weighted by molar-refractivity contribution is 7.80. The topological polar surface area (TPSA) is 81.1 Å². The smallest absolute Gasteiger partial charge is 0.230 e. The number of imidazole rings is 1. The largest absolute Gasteiger partial charge is 0.456 e. The van der Waals surface area contributed by atoms with Gasteiger partial charge in [-0.25, -0.2) is 9.37 Å². The van der Waals surface area contributed by atoms with Gasteiger partial charge in [-0.3, -0.25) is 9.78 Å². The molecule has 0 atom stereocenters. The number of thiocarbonyl (C=S) groups is 1. The Hall–Kier alpha value is -4.15. The fraction of sp³-hybridized carbons (Fsp3) is 0.0769. The van der Waals surface area contributed by atoms with Crippen LogP contribution in [-0.4, -0.2) is 25.6 Å². The van der Waals surface area contributed by atoms with Crippen LogP contribution in [0.3, 0.4) is 0 Å². The van der Waals surface area contributed by atoms with E-state index in [2.05, 4.69) is 20.6 Å². The van der Waals surface area contributed by atoms with Crippen molar-refractivity contribution in [1.29, 1.82) is 0 Å². The Morgan fingerprint density at radius 3 is 2.67 bits per heavy atom. The van der Waals surface area contributed by atoms with E-state index < -0.39 is 11.7 Å². The molecule has 3 heterocycles. The molecule has 36 heavy (non-hydrogen) atoms. The number of thiophene rings is 1. The second-order valence-electron chi connectivity index (χ2n) is 7.89. The van der Waals surface area contributed by atoms with Crippen LogP contribution in [-0.2, 0) is 18.3 Å². The molecule has 0 aliphatic rings. The molecule has 0 aliphatic heterocycles. The van der Waals surface area contributed by atoms with E-state index in [-0.39, 0.29) is 11.5 Å². The lowest BCUT2D eigenvalue weighted by Crippen LogP contribution is -2.35. The molecule has 0 saturated heterocycles. The number of anilines is 1. The van der Waals surface area contributed by atoms with E-state index in [4.69, 9.17) is 17.0 Å². The van der Waals surface area contributed by atoms with Crippen LogP contribution in [0.5, 0.6) is 11.5 Å². The third-order valence-corrected chi connectivity index (χ3v) is 6.66. The summed E-state index contributed by atoms with van der Waals surface area (Å²) in [6, 6.07) is 17.1. The van der Waals surface area contributed by atoms with Crippen molar-refractivity contribution < 1.29 is 13.9 Å². The summed E-state index contributed by atoms with van der Waals surface area (Å²) in [5, 5.41) is 5.64. The molecule has 0 aliphatic carbocycles. The number of benzene rings is 2. The van der Waals surface area contributed by atoms with Gasteiger partial charge in [-0.2, -0.15) is 0 Å². The summed E-state index contributed by atoms with van der Waals surface area (Å²) in [6.45, 7) is 0. The highest BCUT2D eigenvalue weighted by Crippen LogP contribution is 2.38. The van der Waals surface area contributed by atoms with E-state index in [0.29, 0.717) is 22.7 Å². The maximum Gasteiger partial charge on any atom is 0.230 e. The first-order valence-corrected chi connectivity index (χ1v) is 12.2. The Balaban J connectivity index is 1.23. The molecule has 0 fully saturated rings. The summed E-state index contributed by atoms with van der Waals surface area (Å²) in [6.07, 6.45) is 5.28. The molecule has 10 heteroatoms. The number of halogens is 1. The molecule has 7 nitrogen and oxygen atoms in total. The van der Waals surface area contributed by atoms with Crippen LogP contribution >= 0.6 is 23.6 Å². The SMILES string of the molecule is Cn1ccnc1-c1cc2nccc(Oc3ccc(NC(=S)NC(=O)Cc4ccccc4F)cc3)c2s1. The van der Waals surface area contributed by atoms with Crippen molar-refractivity contribution in [2.75, 3.05) is 5.32 Å². The van der Waals surface area contributed by atoms with Crippen LogP contribution < -0.4 is 15.4 Å². The van der Waals surface area contributed by atoms with Crippen LogP contribution in [0.25, 0.3) is 20.9 Å². The molecule has 5 rings (SSSR count). The molecule has 3 aromatic heterocycles. The number of nitrogens with one attached hydrogen (secondary N) is 2. The van der Waals surface area contributed by atoms with Crippen molar-refractivity contribution in [3.05, 3.63) is 90.6 Å². The van der Waals surface area contributed by atoms with Gasteiger partial charge in [-0.1, -0.05) is 18.2 Å². The molecular formula is C26H20FN5O2S2. The number of ether oxygens (including phenoxy) is 1. The van der Waals surface area contributed by atoms with Gasteiger partial charge < -0.3 is 19.9 Å². The Morgan fingerprint density at radius 2 is 1.92 bits per heavy atom. The van der Waals surface area contributed by atoms with Crippen molar-refractivity contribution in [1.82, 2.24) is 19.9 Å². The summed E-state index contributed by atoms with van der Waals surface area (Å²) >= 11 is 6.79. The van der Waals surface area contributed by atoms with Crippen LogP contribution in [0, 0.1) is 5.82 Å². The molecule has 0 saturated carbocycles. The van der Waals surface area contributed by atoms with Gasteiger partial charge in [0.2, 0.25) is 5.91 Å². The average Bonchev–Trinajstić information content (AvgIpc) is 3.48. The van der Waals surface area contributed by atoms with Crippen LogP contribution in [0.2, 0.25) is 0 Å². The van der Waals surface area contributed by atoms with Gasteiger partial charge in [-0.05, 0) is 54.2 Å². The predicted octanol–water partition coefficient (Wildman–Crippen LogP) is 5.68. The number of amides is 1. The zero-order valence-electron chi connectivity index (χ0n) is 19.1. The molecule has 5 aromatic rings. The van der Waals surface area contributed by atoms with E-state index in [1.807, 2.05) is 29.9 Å². The lowest BCUT2D eigenvalue weighted by molar-refractivity contribution is -0.119. The van der Waals surface area contributed by atoms with Gasteiger partial charge in [0.1, 0.15) is 23.1 Å². The predicted molar refractivity (Wildman–Crippen MR) is 143 cm³/mol. The first kappa shape index (κ1) is 23.6. The second kappa shape index (κ2) is 10.2. The van der Waals surface area contributed by atoms with Gasteiger partial charge in [-0.15, -0.1) is 11.3 Å². The van der Waals surface area contributed by atoms with E-state index in [1.165, 1.54) is 6.07 Å². The first-order chi connectivity index (χ1) is 17.5. The molecule has 0 bridgehead atoms. The van der Waals surface area contributed by atoms with E-state index in [1.54, 1.807) is 66.2 Å². The molecule has 0 spiro atoms. The van der Waals surface area contributed by atoms with Crippen molar-refractivity contribution in [2.24, 2.45) is 7.05 Å². The minimum absolute atomic E-state index is 0.105. The number of aryl methyl sites for hydroxylation is 1.